The van der Waals surface area contributed by atoms with Gasteiger partial charge in [0.25, 0.3) is 0 Å². The molecule has 2 aromatic carbocycles. The van der Waals surface area contributed by atoms with Gasteiger partial charge in [-0.2, -0.15) is 0 Å². The summed E-state index contributed by atoms with van der Waals surface area (Å²) in [5, 5.41) is 19.5. The molecular formula is C18H16O6. The Morgan fingerprint density at radius 2 is 1.75 bits per heavy atom. The van der Waals surface area contributed by atoms with Crippen LogP contribution < -0.4 is 14.2 Å². The molecule has 3 rings (SSSR count). The van der Waals surface area contributed by atoms with Gasteiger partial charge in [0.15, 0.2) is 17.3 Å². The molecule has 1 heterocycles. The quantitative estimate of drug-likeness (QED) is 0.666. The Labute approximate surface area is 138 Å². The van der Waals surface area contributed by atoms with Gasteiger partial charge in [-0.3, -0.25) is 4.79 Å². The van der Waals surface area contributed by atoms with Crippen LogP contribution in [0.3, 0.4) is 0 Å². The highest BCUT2D eigenvalue weighted by atomic mass is 16.5. The number of benzene rings is 2. The van der Waals surface area contributed by atoms with Crippen molar-refractivity contribution in [2.24, 2.45) is 0 Å². The SMILES string of the molecule is COc1cc(/C=C2\COc3ccc(O)c(O)c3C2=O)cc(OC)c1. The van der Waals surface area contributed by atoms with Crippen molar-refractivity contribution < 1.29 is 29.2 Å². The second-order valence-electron chi connectivity index (χ2n) is 5.24. The topological polar surface area (TPSA) is 85.2 Å². The van der Waals surface area contributed by atoms with E-state index < -0.39 is 11.5 Å². The van der Waals surface area contributed by atoms with E-state index in [-0.39, 0.29) is 23.7 Å². The Morgan fingerprint density at radius 3 is 2.38 bits per heavy atom. The molecule has 0 atom stereocenters. The first-order valence-corrected chi connectivity index (χ1v) is 7.19. The molecule has 0 radical (unpaired) electrons. The smallest absolute Gasteiger partial charge is 0.200 e. The predicted octanol–water partition coefficient (Wildman–Crippen LogP) is 2.77. The van der Waals surface area contributed by atoms with E-state index in [0.717, 1.165) is 0 Å². The molecule has 0 bridgehead atoms. The normalized spacial score (nSPS) is 14.9. The maximum absolute atomic E-state index is 12.6. The number of ether oxygens (including phenoxy) is 3. The van der Waals surface area contributed by atoms with Gasteiger partial charge in [0, 0.05) is 11.6 Å². The summed E-state index contributed by atoms with van der Waals surface area (Å²) in [6.07, 6.45) is 1.64. The lowest BCUT2D eigenvalue weighted by Crippen LogP contribution is -2.19. The summed E-state index contributed by atoms with van der Waals surface area (Å²) in [5.74, 6) is 0.181. The first kappa shape index (κ1) is 15.7. The van der Waals surface area contributed by atoms with E-state index in [1.165, 1.54) is 26.4 Å². The van der Waals surface area contributed by atoms with E-state index in [0.29, 0.717) is 22.6 Å². The van der Waals surface area contributed by atoms with Gasteiger partial charge in [0.05, 0.1) is 14.2 Å². The van der Waals surface area contributed by atoms with Crippen molar-refractivity contribution in [1.82, 2.24) is 0 Å². The van der Waals surface area contributed by atoms with Crippen LogP contribution in [0.1, 0.15) is 15.9 Å². The third-order valence-corrected chi connectivity index (χ3v) is 3.73. The molecule has 124 valence electrons. The Balaban J connectivity index is 2.03. The van der Waals surface area contributed by atoms with Crippen molar-refractivity contribution in [1.29, 1.82) is 0 Å². The third kappa shape index (κ3) is 2.74. The molecule has 1 aliphatic heterocycles. The van der Waals surface area contributed by atoms with Crippen LogP contribution in [0.4, 0.5) is 0 Å². The summed E-state index contributed by atoms with van der Waals surface area (Å²) in [6.45, 7) is 0.0651. The highest BCUT2D eigenvalue weighted by Crippen LogP contribution is 2.40. The number of rotatable bonds is 3. The zero-order chi connectivity index (χ0) is 17.3. The van der Waals surface area contributed by atoms with Gasteiger partial charge in [-0.05, 0) is 35.9 Å². The van der Waals surface area contributed by atoms with Crippen molar-refractivity contribution >= 4 is 11.9 Å². The molecule has 6 heteroatoms. The summed E-state index contributed by atoms with van der Waals surface area (Å²) in [4.78, 5) is 12.6. The second kappa shape index (κ2) is 6.16. The Hall–Kier alpha value is -3.15. The van der Waals surface area contributed by atoms with Crippen molar-refractivity contribution in [3.05, 3.63) is 47.0 Å². The molecule has 0 unspecified atom stereocenters. The average molecular weight is 328 g/mol. The molecule has 0 aliphatic carbocycles. The van der Waals surface area contributed by atoms with Gasteiger partial charge in [0.2, 0.25) is 0 Å². The number of Topliss-reactive ketones (excluding diaryl/α,β-unsaturated/α-hetero) is 1. The van der Waals surface area contributed by atoms with E-state index >= 15 is 0 Å². The molecule has 2 aromatic rings. The van der Waals surface area contributed by atoms with Crippen molar-refractivity contribution in [3.8, 4) is 28.7 Å². The van der Waals surface area contributed by atoms with E-state index in [1.807, 2.05) is 0 Å². The second-order valence-corrected chi connectivity index (χ2v) is 5.24. The number of hydrogen-bond donors (Lipinski definition) is 2. The Bertz CT molecular complexity index is 815. The molecule has 1 aliphatic rings. The highest BCUT2D eigenvalue weighted by Gasteiger charge is 2.28. The fourth-order valence-electron chi connectivity index (χ4n) is 2.50. The van der Waals surface area contributed by atoms with Crippen LogP contribution >= 0.6 is 0 Å². The molecule has 0 amide bonds. The zero-order valence-electron chi connectivity index (χ0n) is 13.2. The predicted molar refractivity (Wildman–Crippen MR) is 87.1 cm³/mol. The van der Waals surface area contributed by atoms with Gasteiger partial charge in [0.1, 0.15) is 29.4 Å². The van der Waals surface area contributed by atoms with Gasteiger partial charge < -0.3 is 24.4 Å². The molecule has 24 heavy (non-hydrogen) atoms. The number of ketones is 1. The first-order chi connectivity index (χ1) is 11.5. The largest absolute Gasteiger partial charge is 0.504 e. The summed E-state index contributed by atoms with van der Waals surface area (Å²) in [7, 11) is 3.08. The minimum absolute atomic E-state index is 0.0395. The molecule has 6 nitrogen and oxygen atoms in total. The maximum atomic E-state index is 12.6. The monoisotopic (exact) mass is 328 g/mol. The van der Waals surface area contributed by atoms with E-state index in [1.54, 1.807) is 24.3 Å². The maximum Gasteiger partial charge on any atom is 0.200 e. The molecule has 0 spiro atoms. The Kier molecular flexibility index (Phi) is 4.04. The number of aromatic hydroxyl groups is 2. The van der Waals surface area contributed by atoms with Crippen LogP contribution in [0.2, 0.25) is 0 Å². The molecule has 0 saturated heterocycles. The third-order valence-electron chi connectivity index (χ3n) is 3.73. The number of fused-ring (bicyclic) bond motifs is 1. The number of carbonyl (C=O) groups is 1. The minimum Gasteiger partial charge on any atom is -0.504 e. The highest BCUT2D eigenvalue weighted by molar-refractivity contribution is 6.16. The Morgan fingerprint density at radius 1 is 1.08 bits per heavy atom. The fraction of sp³-hybridized carbons (Fsp3) is 0.167. The van der Waals surface area contributed by atoms with Gasteiger partial charge in [-0.1, -0.05) is 0 Å². The molecule has 0 fully saturated rings. The van der Waals surface area contributed by atoms with Crippen LogP contribution in [0.5, 0.6) is 28.7 Å². The summed E-state index contributed by atoms with van der Waals surface area (Å²) < 4.78 is 15.9. The lowest BCUT2D eigenvalue weighted by Gasteiger charge is -2.20. The summed E-state index contributed by atoms with van der Waals surface area (Å²) in [5.41, 5.74) is 1.00. The van der Waals surface area contributed by atoms with Crippen LogP contribution in [0.15, 0.2) is 35.9 Å². The number of methoxy groups -OCH3 is 2. The fourth-order valence-corrected chi connectivity index (χ4v) is 2.50. The molecule has 0 aromatic heterocycles. The number of phenolic OH excluding ortho intramolecular Hbond substituents is 2. The van der Waals surface area contributed by atoms with Gasteiger partial charge >= 0.3 is 0 Å². The lowest BCUT2D eigenvalue weighted by molar-refractivity contribution is 0.0996. The number of hydrogen-bond acceptors (Lipinski definition) is 6. The van der Waals surface area contributed by atoms with Crippen molar-refractivity contribution in [2.75, 3.05) is 20.8 Å². The zero-order valence-corrected chi connectivity index (χ0v) is 13.2. The minimum atomic E-state index is -0.480. The average Bonchev–Trinajstić information content (AvgIpc) is 2.60. The van der Waals surface area contributed by atoms with E-state index in [4.69, 9.17) is 14.2 Å². The molecule has 0 saturated carbocycles. The molecule has 2 N–H and O–H groups in total. The lowest BCUT2D eigenvalue weighted by atomic mass is 9.97. The van der Waals surface area contributed by atoms with E-state index in [2.05, 4.69) is 0 Å². The molecular weight excluding hydrogens is 312 g/mol. The number of phenols is 2. The van der Waals surface area contributed by atoms with Crippen LogP contribution in [-0.4, -0.2) is 36.8 Å². The van der Waals surface area contributed by atoms with Crippen LogP contribution in [-0.2, 0) is 0 Å². The first-order valence-electron chi connectivity index (χ1n) is 7.19. The summed E-state index contributed by atoms with van der Waals surface area (Å²) in [6, 6.07) is 7.96. The summed E-state index contributed by atoms with van der Waals surface area (Å²) >= 11 is 0. The van der Waals surface area contributed by atoms with Gasteiger partial charge in [-0.15, -0.1) is 0 Å². The standard InChI is InChI=1S/C18H16O6/c1-22-12-6-10(7-13(8-12)23-2)5-11-9-24-15-4-3-14(19)18(21)16(15)17(11)20/h3-8,19,21H,9H2,1-2H3/b11-5+. The van der Waals surface area contributed by atoms with Gasteiger partial charge in [-0.25, -0.2) is 0 Å². The van der Waals surface area contributed by atoms with Crippen LogP contribution in [0.25, 0.3) is 6.08 Å². The van der Waals surface area contributed by atoms with E-state index in [9.17, 15) is 15.0 Å². The van der Waals surface area contributed by atoms with Crippen molar-refractivity contribution in [3.63, 3.8) is 0 Å². The van der Waals surface area contributed by atoms with Crippen molar-refractivity contribution in [2.45, 2.75) is 0 Å². The van der Waals surface area contributed by atoms with Crippen LogP contribution in [0, 0.1) is 0 Å². The number of carbonyl (C=O) groups excluding carboxylic acids is 1.